The van der Waals surface area contributed by atoms with Gasteiger partial charge in [-0.1, -0.05) is 13.0 Å². The first-order valence-corrected chi connectivity index (χ1v) is 9.07. The van der Waals surface area contributed by atoms with Gasteiger partial charge in [-0.15, -0.1) is 0 Å². The minimum absolute atomic E-state index is 0.543. The van der Waals surface area contributed by atoms with E-state index in [9.17, 15) is 0 Å². The Balaban J connectivity index is 2.04. The molecule has 0 amide bonds. The number of nitrogens with zero attached hydrogens (tertiary/aromatic N) is 2. The van der Waals surface area contributed by atoms with Crippen molar-refractivity contribution in [3.05, 3.63) is 42.1 Å². The molecule has 7 heteroatoms. The van der Waals surface area contributed by atoms with Gasteiger partial charge >= 0.3 is 0 Å². The van der Waals surface area contributed by atoms with E-state index in [0.717, 1.165) is 17.7 Å². The molecule has 2 aromatic rings. The second kappa shape index (κ2) is 10.9. The van der Waals surface area contributed by atoms with Gasteiger partial charge in [0, 0.05) is 37.1 Å². The first-order chi connectivity index (χ1) is 13.2. The predicted molar refractivity (Wildman–Crippen MR) is 108 cm³/mol. The summed E-state index contributed by atoms with van der Waals surface area (Å²) >= 11 is 0. The van der Waals surface area contributed by atoms with Crippen molar-refractivity contribution in [3.8, 4) is 17.4 Å². The van der Waals surface area contributed by atoms with Crippen molar-refractivity contribution in [1.29, 1.82) is 0 Å². The zero-order valence-corrected chi connectivity index (χ0v) is 16.4. The molecule has 146 valence electrons. The number of rotatable bonds is 9. The molecule has 0 fully saturated rings. The molecule has 0 saturated heterocycles. The largest absolute Gasteiger partial charge is 0.493 e. The molecule has 1 heterocycles. The van der Waals surface area contributed by atoms with Crippen molar-refractivity contribution < 1.29 is 14.2 Å². The molecule has 0 aliphatic carbocycles. The summed E-state index contributed by atoms with van der Waals surface area (Å²) in [7, 11) is 3.34. The maximum Gasteiger partial charge on any atom is 0.218 e. The summed E-state index contributed by atoms with van der Waals surface area (Å²) < 4.78 is 16.6. The van der Waals surface area contributed by atoms with Crippen LogP contribution in [0.5, 0.6) is 17.4 Å². The van der Waals surface area contributed by atoms with E-state index in [1.165, 1.54) is 0 Å². The fourth-order valence-corrected chi connectivity index (χ4v) is 2.40. The quantitative estimate of drug-likeness (QED) is 0.518. The summed E-state index contributed by atoms with van der Waals surface area (Å²) in [5, 5.41) is 6.53. The summed E-state index contributed by atoms with van der Waals surface area (Å²) in [6, 6.07) is 9.53. The van der Waals surface area contributed by atoms with Crippen LogP contribution in [-0.4, -0.2) is 38.3 Å². The van der Waals surface area contributed by atoms with Crippen LogP contribution in [0.25, 0.3) is 0 Å². The Morgan fingerprint density at radius 2 is 2.00 bits per heavy atom. The highest BCUT2D eigenvalue weighted by atomic mass is 16.5. The standard InChI is InChI=1S/C20H28N4O3/c1-5-12-27-19-15(8-7-11-22-19)14-23-20(21-3)24-16-9-10-17(25-4)18(13-16)26-6-2/h7-11,13H,5-6,12,14H2,1-4H3,(H2,21,23,24). The van der Waals surface area contributed by atoms with Crippen LogP contribution in [0.1, 0.15) is 25.8 Å². The molecule has 0 bridgehead atoms. The van der Waals surface area contributed by atoms with Gasteiger partial charge in [-0.3, -0.25) is 4.99 Å². The zero-order valence-electron chi connectivity index (χ0n) is 16.4. The van der Waals surface area contributed by atoms with Crippen molar-refractivity contribution in [2.75, 3.05) is 32.7 Å². The number of ether oxygens (including phenoxy) is 3. The number of hydrogen-bond donors (Lipinski definition) is 2. The summed E-state index contributed by atoms with van der Waals surface area (Å²) in [5.74, 6) is 2.65. The summed E-state index contributed by atoms with van der Waals surface area (Å²) in [4.78, 5) is 8.57. The lowest BCUT2D eigenvalue weighted by atomic mass is 10.2. The van der Waals surface area contributed by atoms with Crippen molar-refractivity contribution in [2.45, 2.75) is 26.8 Å². The number of benzene rings is 1. The molecule has 2 N–H and O–H groups in total. The van der Waals surface area contributed by atoms with E-state index in [1.807, 2.05) is 37.3 Å². The predicted octanol–water partition coefficient (Wildman–Crippen LogP) is 3.47. The number of guanidine groups is 1. The second-order valence-corrected chi connectivity index (χ2v) is 5.67. The first-order valence-electron chi connectivity index (χ1n) is 9.07. The van der Waals surface area contributed by atoms with Crippen LogP contribution in [-0.2, 0) is 6.54 Å². The van der Waals surface area contributed by atoms with Gasteiger partial charge in [0.1, 0.15) is 0 Å². The van der Waals surface area contributed by atoms with Crippen LogP contribution in [0.2, 0.25) is 0 Å². The molecule has 0 atom stereocenters. The van der Waals surface area contributed by atoms with Crippen LogP contribution in [0.4, 0.5) is 5.69 Å². The molecular formula is C20H28N4O3. The lowest BCUT2D eigenvalue weighted by Gasteiger charge is -2.15. The molecular weight excluding hydrogens is 344 g/mol. The SMILES string of the molecule is CCCOc1ncccc1CNC(=NC)Nc1ccc(OC)c(OCC)c1. The minimum Gasteiger partial charge on any atom is -0.493 e. The van der Waals surface area contributed by atoms with Crippen LogP contribution in [0.3, 0.4) is 0 Å². The van der Waals surface area contributed by atoms with E-state index in [1.54, 1.807) is 20.4 Å². The number of hydrogen-bond acceptors (Lipinski definition) is 5. The van der Waals surface area contributed by atoms with Gasteiger partial charge < -0.3 is 24.8 Å². The van der Waals surface area contributed by atoms with Gasteiger partial charge in [-0.05, 0) is 31.5 Å². The first kappa shape index (κ1) is 20.4. The monoisotopic (exact) mass is 372 g/mol. The molecule has 0 aliphatic heterocycles. The Morgan fingerprint density at radius 1 is 1.15 bits per heavy atom. The van der Waals surface area contributed by atoms with Crippen LogP contribution in [0.15, 0.2) is 41.5 Å². The second-order valence-electron chi connectivity index (χ2n) is 5.67. The Kier molecular flexibility index (Phi) is 8.22. The topological polar surface area (TPSA) is 77.0 Å². The molecule has 2 rings (SSSR count). The van der Waals surface area contributed by atoms with Gasteiger partial charge in [-0.2, -0.15) is 0 Å². The number of anilines is 1. The van der Waals surface area contributed by atoms with E-state index in [-0.39, 0.29) is 0 Å². The number of pyridine rings is 1. The molecule has 1 aromatic carbocycles. The summed E-state index contributed by atoms with van der Waals surface area (Å²) in [6.45, 7) is 5.75. The number of aromatic nitrogens is 1. The van der Waals surface area contributed by atoms with Crippen LogP contribution >= 0.6 is 0 Å². The highest BCUT2D eigenvalue weighted by Gasteiger charge is 2.09. The third-order valence-corrected chi connectivity index (χ3v) is 3.69. The fraction of sp³-hybridized carbons (Fsp3) is 0.400. The van der Waals surface area contributed by atoms with Crippen LogP contribution in [0, 0.1) is 0 Å². The Bertz CT molecular complexity index is 750. The van der Waals surface area contributed by atoms with Gasteiger partial charge in [0.2, 0.25) is 5.88 Å². The lowest BCUT2D eigenvalue weighted by Crippen LogP contribution is -2.30. The lowest BCUT2D eigenvalue weighted by molar-refractivity contribution is 0.301. The molecule has 0 aliphatic rings. The molecule has 0 spiro atoms. The average Bonchev–Trinajstić information content (AvgIpc) is 2.70. The van der Waals surface area contributed by atoms with Crippen molar-refractivity contribution in [2.24, 2.45) is 4.99 Å². The van der Waals surface area contributed by atoms with Crippen molar-refractivity contribution in [3.63, 3.8) is 0 Å². The Morgan fingerprint density at radius 3 is 2.70 bits per heavy atom. The van der Waals surface area contributed by atoms with Gasteiger partial charge in [0.25, 0.3) is 0 Å². The molecule has 0 unspecified atom stereocenters. The Labute approximate surface area is 160 Å². The molecule has 0 radical (unpaired) electrons. The highest BCUT2D eigenvalue weighted by Crippen LogP contribution is 2.30. The molecule has 27 heavy (non-hydrogen) atoms. The average molecular weight is 372 g/mol. The van der Waals surface area contributed by atoms with E-state index in [0.29, 0.717) is 43.1 Å². The summed E-state index contributed by atoms with van der Waals surface area (Å²) in [6.07, 6.45) is 2.67. The molecule has 7 nitrogen and oxygen atoms in total. The Hall–Kier alpha value is -2.96. The van der Waals surface area contributed by atoms with Crippen molar-refractivity contribution >= 4 is 11.6 Å². The zero-order chi connectivity index (χ0) is 19.5. The van der Waals surface area contributed by atoms with Gasteiger partial charge in [-0.25, -0.2) is 4.98 Å². The fourth-order valence-electron chi connectivity index (χ4n) is 2.40. The third kappa shape index (κ3) is 6.06. The van der Waals surface area contributed by atoms with E-state index < -0.39 is 0 Å². The number of aliphatic imine (C=N–C) groups is 1. The maximum atomic E-state index is 5.70. The number of methoxy groups -OCH3 is 1. The highest BCUT2D eigenvalue weighted by molar-refractivity contribution is 5.93. The summed E-state index contributed by atoms with van der Waals surface area (Å²) in [5.41, 5.74) is 1.82. The van der Waals surface area contributed by atoms with E-state index in [4.69, 9.17) is 14.2 Å². The minimum atomic E-state index is 0.543. The van der Waals surface area contributed by atoms with Gasteiger partial charge in [0.05, 0.1) is 20.3 Å². The van der Waals surface area contributed by atoms with Crippen molar-refractivity contribution in [1.82, 2.24) is 10.3 Å². The number of nitrogens with one attached hydrogen (secondary N) is 2. The molecule has 1 aromatic heterocycles. The van der Waals surface area contributed by atoms with Crippen LogP contribution < -0.4 is 24.8 Å². The molecule has 0 saturated carbocycles. The smallest absolute Gasteiger partial charge is 0.218 e. The van der Waals surface area contributed by atoms with E-state index >= 15 is 0 Å². The van der Waals surface area contributed by atoms with Gasteiger partial charge in [0.15, 0.2) is 17.5 Å². The maximum absolute atomic E-state index is 5.70. The third-order valence-electron chi connectivity index (χ3n) is 3.69. The van der Waals surface area contributed by atoms with E-state index in [2.05, 4.69) is 27.5 Å². The normalized spacial score (nSPS) is 11.0.